The van der Waals surface area contributed by atoms with Crippen LogP contribution in [0.25, 0.3) is 0 Å². The SMILES string of the molecule is COc1cc2c(cc1OC)[C@H](NC(=O)CCCC[C@@H]1SC[C@@H]3NC(=O)N[C@@H]31)CC2. The Kier molecular flexibility index (Phi) is 6.08. The number of aryl methyl sites for hydroxylation is 1. The molecule has 4 atom stereocenters. The van der Waals surface area contributed by atoms with Crippen LogP contribution < -0.4 is 25.4 Å². The zero-order chi connectivity index (χ0) is 20.4. The lowest BCUT2D eigenvalue weighted by Crippen LogP contribution is -2.36. The maximum Gasteiger partial charge on any atom is 0.315 e. The number of methoxy groups -OCH3 is 2. The van der Waals surface area contributed by atoms with Crippen molar-refractivity contribution >= 4 is 23.7 Å². The Morgan fingerprint density at radius 1 is 1.21 bits per heavy atom. The first kappa shape index (κ1) is 20.2. The van der Waals surface area contributed by atoms with Gasteiger partial charge in [-0.2, -0.15) is 11.8 Å². The lowest BCUT2D eigenvalue weighted by Gasteiger charge is -2.17. The fraction of sp³-hybridized carbons (Fsp3) is 0.619. The third-order valence-electron chi connectivity index (χ3n) is 6.14. The van der Waals surface area contributed by atoms with Crippen molar-refractivity contribution in [1.82, 2.24) is 16.0 Å². The highest BCUT2D eigenvalue weighted by Crippen LogP contribution is 2.39. The number of ether oxygens (including phenoxy) is 2. The van der Waals surface area contributed by atoms with Crippen LogP contribution in [-0.4, -0.2) is 49.2 Å². The van der Waals surface area contributed by atoms with E-state index in [2.05, 4.69) is 16.0 Å². The molecule has 7 nitrogen and oxygen atoms in total. The van der Waals surface area contributed by atoms with E-state index in [0.29, 0.717) is 17.4 Å². The molecule has 0 unspecified atom stereocenters. The number of hydrogen-bond acceptors (Lipinski definition) is 5. The summed E-state index contributed by atoms with van der Waals surface area (Å²) < 4.78 is 10.8. The van der Waals surface area contributed by atoms with Gasteiger partial charge in [-0.05, 0) is 48.9 Å². The van der Waals surface area contributed by atoms with Gasteiger partial charge in [0.1, 0.15) is 0 Å². The topological polar surface area (TPSA) is 88.7 Å². The summed E-state index contributed by atoms with van der Waals surface area (Å²) in [6.45, 7) is 0. The van der Waals surface area contributed by atoms with Crippen LogP contribution in [0.3, 0.4) is 0 Å². The van der Waals surface area contributed by atoms with E-state index in [1.165, 1.54) is 5.56 Å². The molecule has 0 spiro atoms. The fourth-order valence-electron chi connectivity index (χ4n) is 4.62. The average Bonchev–Trinajstić information content (AvgIpc) is 3.39. The van der Waals surface area contributed by atoms with Gasteiger partial charge < -0.3 is 25.4 Å². The van der Waals surface area contributed by atoms with Crippen molar-refractivity contribution < 1.29 is 19.1 Å². The Morgan fingerprint density at radius 2 is 2.00 bits per heavy atom. The Hall–Kier alpha value is -2.09. The number of fused-ring (bicyclic) bond motifs is 2. The number of urea groups is 1. The van der Waals surface area contributed by atoms with E-state index < -0.39 is 0 Å². The van der Waals surface area contributed by atoms with Gasteiger partial charge in [0, 0.05) is 17.4 Å². The van der Waals surface area contributed by atoms with Crippen LogP contribution in [0.4, 0.5) is 4.79 Å². The third kappa shape index (κ3) is 4.27. The summed E-state index contributed by atoms with van der Waals surface area (Å²) in [5.74, 6) is 2.52. The Balaban J connectivity index is 1.23. The summed E-state index contributed by atoms with van der Waals surface area (Å²) in [5.41, 5.74) is 2.35. The minimum atomic E-state index is -0.0456. The van der Waals surface area contributed by atoms with E-state index in [1.807, 2.05) is 23.9 Å². The highest BCUT2D eigenvalue weighted by Gasteiger charge is 2.42. The molecule has 1 aromatic carbocycles. The number of carbonyl (C=O) groups is 2. The molecule has 1 aromatic rings. The molecular formula is C21H29N3O4S. The van der Waals surface area contributed by atoms with Crippen LogP contribution in [-0.2, 0) is 11.2 Å². The standard InChI is InChI=1S/C21H29N3O4S/c1-27-16-9-12-7-8-14(13(12)10-17(16)28-2)22-19(25)6-4-3-5-18-20-15(11-29-18)23-21(26)24-20/h9-10,14-15,18,20H,3-8,11H2,1-2H3,(H,22,25)(H2,23,24,26)/t14-,15+,18+,20+/m1/s1. The second-order valence-electron chi connectivity index (χ2n) is 7.93. The van der Waals surface area contributed by atoms with Gasteiger partial charge in [0.15, 0.2) is 11.5 Å². The van der Waals surface area contributed by atoms with Crippen LogP contribution in [0, 0.1) is 0 Å². The monoisotopic (exact) mass is 419 g/mol. The fourth-order valence-corrected chi connectivity index (χ4v) is 6.17. The van der Waals surface area contributed by atoms with Gasteiger partial charge in [-0.1, -0.05) is 6.42 Å². The quantitative estimate of drug-likeness (QED) is 0.445. The second kappa shape index (κ2) is 8.73. The van der Waals surface area contributed by atoms with Gasteiger partial charge >= 0.3 is 6.03 Å². The largest absolute Gasteiger partial charge is 0.493 e. The number of hydrogen-bond donors (Lipinski definition) is 3. The maximum atomic E-state index is 12.5. The minimum Gasteiger partial charge on any atom is -0.493 e. The van der Waals surface area contributed by atoms with Crippen LogP contribution >= 0.6 is 11.8 Å². The number of benzene rings is 1. The first-order chi connectivity index (χ1) is 14.1. The molecule has 3 aliphatic rings. The molecule has 0 saturated carbocycles. The summed E-state index contributed by atoms with van der Waals surface area (Å²) in [5, 5.41) is 9.63. The van der Waals surface area contributed by atoms with Crippen molar-refractivity contribution in [3.8, 4) is 11.5 Å². The van der Waals surface area contributed by atoms with Gasteiger partial charge in [0.2, 0.25) is 5.91 Å². The molecule has 2 aliphatic heterocycles. The molecule has 0 bridgehead atoms. The van der Waals surface area contributed by atoms with E-state index in [4.69, 9.17) is 9.47 Å². The molecule has 2 heterocycles. The van der Waals surface area contributed by atoms with E-state index >= 15 is 0 Å². The van der Waals surface area contributed by atoms with Gasteiger partial charge in [0.05, 0.1) is 32.3 Å². The van der Waals surface area contributed by atoms with Crippen molar-refractivity contribution in [2.75, 3.05) is 20.0 Å². The predicted molar refractivity (Wildman–Crippen MR) is 113 cm³/mol. The van der Waals surface area contributed by atoms with E-state index in [0.717, 1.165) is 49.2 Å². The highest BCUT2D eigenvalue weighted by molar-refractivity contribution is 8.00. The summed E-state index contributed by atoms with van der Waals surface area (Å²) in [6, 6.07) is 4.51. The molecular weight excluding hydrogens is 390 g/mol. The Labute approximate surface area is 175 Å². The molecule has 2 fully saturated rings. The van der Waals surface area contributed by atoms with Crippen molar-refractivity contribution in [3.05, 3.63) is 23.3 Å². The van der Waals surface area contributed by atoms with Crippen molar-refractivity contribution in [1.29, 1.82) is 0 Å². The van der Waals surface area contributed by atoms with Gasteiger partial charge in [-0.15, -0.1) is 0 Å². The summed E-state index contributed by atoms with van der Waals surface area (Å²) >= 11 is 1.92. The molecule has 2 saturated heterocycles. The zero-order valence-electron chi connectivity index (χ0n) is 17.0. The van der Waals surface area contributed by atoms with Crippen molar-refractivity contribution in [2.24, 2.45) is 0 Å². The Morgan fingerprint density at radius 3 is 2.79 bits per heavy atom. The molecule has 1 aliphatic carbocycles. The minimum absolute atomic E-state index is 0.0447. The van der Waals surface area contributed by atoms with Gasteiger partial charge in [-0.3, -0.25) is 4.79 Å². The van der Waals surface area contributed by atoms with Crippen LogP contribution in [0.2, 0.25) is 0 Å². The molecule has 0 aromatic heterocycles. The molecule has 3 amide bonds. The highest BCUT2D eigenvalue weighted by atomic mass is 32.2. The molecule has 8 heteroatoms. The number of amides is 3. The maximum absolute atomic E-state index is 12.5. The third-order valence-corrected chi connectivity index (χ3v) is 7.65. The number of rotatable bonds is 8. The molecule has 158 valence electrons. The smallest absolute Gasteiger partial charge is 0.315 e. The zero-order valence-corrected chi connectivity index (χ0v) is 17.8. The van der Waals surface area contributed by atoms with Crippen molar-refractivity contribution in [2.45, 2.75) is 61.9 Å². The Bertz CT molecular complexity index is 787. The van der Waals surface area contributed by atoms with E-state index in [-0.39, 0.29) is 30.1 Å². The van der Waals surface area contributed by atoms with Crippen LogP contribution in [0.15, 0.2) is 12.1 Å². The molecule has 29 heavy (non-hydrogen) atoms. The second-order valence-corrected chi connectivity index (χ2v) is 9.20. The predicted octanol–water partition coefficient (Wildman–Crippen LogP) is 2.53. The molecule has 3 N–H and O–H groups in total. The number of thioether (sulfide) groups is 1. The van der Waals surface area contributed by atoms with Crippen LogP contribution in [0.5, 0.6) is 11.5 Å². The summed E-state index contributed by atoms with van der Waals surface area (Å²) in [6.07, 6.45) is 5.27. The van der Waals surface area contributed by atoms with E-state index in [9.17, 15) is 9.59 Å². The number of unbranched alkanes of at least 4 members (excludes halogenated alkanes) is 1. The first-order valence-electron chi connectivity index (χ1n) is 10.3. The van der Waals surface area contributed by atoms with Crippen LogP contribution in [0.1, 0.15) is 49.3 Å². The van der Waals surface area contributed by atoms with Gasteiger partial charge in [0.25, 0.3) is 0 Å². The first-order valence-corrected chi connectivity index (χ1v) is 11.4. The molecule has 0 radical (unpaired) electrons. The lowest BCUT2D eigenvalue weighted by atomic mass is 10.0. The summed E-state index contributed by atoms with van der Waals surface area (Å²) in [4.78, 5) is 23.9. The normalized spacial score (nSPS) is 27.0. The number of carbonyl (C=O) groups excluding carboxylic acids is 2. The number of nitrogens with one attached hydrogen (secondary N) is 3. The average molecular weight is 420 g/mol. The lowest BCUT2D eigenvalue weighted by molar-refractivity contribution is -0.122. The van der Waals surface area contributed by atoms with Crippen molar-refractivity contribution in [3.63, 3.8) is 0 Å². The summed E-state index contributed by atoms with van der Waals surface area (Å²) in [7, 11) is 3.27. The molecule has 4 rings (SSSR count). The van der Waals surface area contributed by atoms with Gasteiger partial charge in [-0.25, -0.2) is 4.79 Å². The van der Waals surface area contributed by atoms with E-state index in [1.54, 1.807) is 14.2 Å².